The van der Waals surface area contributed by atoms with E-state index in [-0.39, 0.29) is 0 Å². The Bertz CT molecular complexity index is 422. The number of nitrogens with zero attached hydrogens (tertiary/aromatic N) is 2. The van der Waals surface area contributed by atoms with Gasteiger partial charge in [-0.15, -0.1) is 0 Å². The van der Waals surface area contributed by atoms with Gasteiger partial charge in [0.15, 0.2) is 0 Å². The Morgan fingerprint density at radius 1 is 1.50 bits per heavy atom. The molecule has 1 N–H and O–H groups in total. The Labute approximate surface area is 122 Å². The fourth-order valence-corrected chi connectivity index (χ4v) is 2.61. The molecule has 0 amide bonds. The molecule has 0 saturated carbocycles. The summed E-state index contributed by atoms with van der Waals surface area (Å²) in [5.41, 5.74) is 1.29. The lowest BCUT2D eigenvalue weighted by Crippen LogP contribution is -2.44. The number of methoxy groups -OCH3 is 1. The number of piperidine rings is 1. The number of rotatable bonds is 5. The average molecular weight is 277 g/mol. The van der Waals surface area contributed by atoms with Crippen LogP contribution in [0.1, 0.15) is 32.8 Å². The van der Waals surface area contributed by atoms with Crippen LogP contribution in [0.2, 0.25) is 0 Å². The third kappa shape index (κ3) is 3.93. The molecular weight excluding hydrogens is 250 g/mol. The Morgan fingerprint density at radius 2 is 2.30 bits per heavy atom. The van der Waals surface area contributed by atoms with E-state index >= 15 is 0 Å². The maximum Gasteiger partial charge on any atom is 0.128 e. The van der Waals surface area contributed by atoms with Gasteiger partial charge in [-0.2, -0.15) is 0 Å². The van der Waals surface area contributed by atoms with E-state index in [2.05, 4.69) is 48.1 Å². The van der Waals surface area contributed by atoms with Crippen LogP contribution in [-0.2, 0) is 11.3 Å². The molecule has 0 aromatic carbocycles. The van der Waals surface area contributed by atoms with Gasteiger partial charge in [-0.3, -0.25) is 0 Å². The molecule has 1 aliphatic heterocycles. The minimum absolute atomic E-state index is 0.308. The molecule has 112 valence electrons. The first-order chi connectivity index (χ1) is 9.60. The first-order valence-electron chi connectivity index (χ1n) is 7.56. The summed E-state index contributed by atoms with van der Waals surface area (Å²) in [6.45, 7) is 9.49. The van der Waals surface area contributed by atoms with Crippen molar-refractivity contribution in [3.8, 4) is 0 Å². The molecule has 2 unspecified atom stereocenters. The third-order valence-corrected chi connectivity index (χ3v) is 4.04. The van der Waals surface area contributed by atoms with E-state index in [1.807, 2.05) is 6.20 Å². The third-order valence-electron chi connectivity index (χ3n) is 4.04. The van der Waals surface area contributed by atoms with Crippen LogP contribution in [-0.4, -0.2) is 37.3 Å². The molecule has 0 spiro atoms. The number of hydrogen-bond donors (Lipinski definition) is 1. The molecule has 2 rings (SSSR count). The fourth-order valence-electron chi connectivity index (χ4n) is 2.61. The van der Waals surface area contributed by atoms with Crippen molar-refractivity contribution < 1.29 is 4.74 Å². The van der Waals surface area contributed by atoms with Crippen molar-refractivity contribution in [3.63, 3.8) is 0 Å². The first-order valence-corrected chi connectivity index (χ1v) is 7.56. The van der Waals surface area contributed by atoms with E-state index in [0.717, 1.165) is 31.9 Å². The highest BCUT2D eigenvalue weighted by molar-refractivity contribution is 5.41. The normalized spacial score (nSPS) is 23.4. The van der Waals surface area contributed by atoms with Gasteiger partial charge in [0.1, 0.15) is 5.82 Å². The largest absolute Gasteiger partial charge is 0.379 e. The predicted octanol–water partition coefficient (Wildman–Crippen LogP) is 2.44. The minimum atomic E-state index is 0.308. The second-order valence-electron chi connectivity index (χ2n) is 6.04. The Kier molecular flexibility index (Phi) is 5.38. The van der Waals surface area contributed by atoms with Crippen molar-refractivity contribution in [2.75, 3.05) is 25.1 Å². The second kappa shape index (κ2) is 7.04. The van der Waals surface area contributed by atoms with E-state index < -0.39 is 0 Å². The van der Waals surface area contributed by atoms with Crippen LogP contribution in [0.5, 0.6) is 0 Å². The van der Waals surface area contributed by atoms with Crippen molar-refractivity contribution in [2.45, 2.75) is 45.9 Å². The van der Waals surface area contributed by atoms with Gasteiger partial charge in [-0.1, -0.05) is 20.8 Å². The van der Waals surface area contributed by atoms with Crippen LogP contribution in [0.3, 0.4) is 0 Å². The summed E-state index contributed by atoms with van der Waals surface area (Å²) in [7, 11) is 1.81. The highest BCUT2D eigenvalue weighted by Crippen LogP contribution is 2.23. The SMILES string of the molecule is COC1CN(c2cc(CNC(C)C)ccn2)CCC1C. The Morgan fingerprint density at radius 3 is 3.00 bits per heavy atom. The lowest BCUT2D eigenvalue weighted by Gasteiger charge is -2.37. The van der Waals surface area contributed by atoms with Crippen molar-refractivity contribution >= 4 is 5.82 Å². The quantitative estimate of drug-likeness (QED) is 0.897. The molecule has 1 aromatic heterocycles. The molecule has 0 radical (unpaired) electrons. The van der Waals surface area contributed by atoms with Crippen LogP contribution in [0.4, 0.5) is 5.82 Å². The van der Waals surface area contributed by atoms with Gasteiger partial charge in [0, 0.05) is 39.0 Å². The predicted molar refractivity (Wildman–Crippen MR) is 83.0 cm³/mol. The molecule has 2 heterocycles. The van der Waals surface area contributed by atoms with Gasteiger partial charge in [0.2, 0.25) is 0 Å². The number of ether oxygens (including phenoxy) is 1. The fraction of sp³-hybridized carbons (Fsp3) is 0.688. The standard InChI is InChI=1S/C16H27N3O/c1-12(2)18-10-14-5-7-17-16(9-14)19-8-6-13(3)15(11-19)20-4/h5,7,9,12-13,15,18H,6,8,10-11H2,1-4H3. The average Bonchev–Trinajstić information content (AvgIpc) is 2.46. The van der Waals surface area contributed by atoms with Crippen LogP contribution in [0.15, 0.2) is 18.3 Å². The van der Waals surface area contributed by atoms with Crippen molar-refractivity contribution in [2.24, 2.45) is 5.92 Å². The Hall–Kier alpha value is -1.13. The van der Waals surface area contributed by atoms with E-state index in [9.17, 15) is 0 Å². The maximum absolute atomic E-state index is 5.58. The molecule has 20 heavy (non-hydrogen) atoms. The molecule has 1 aromatic rings. The van der Waals surface area contributed by atoms with Gasteiger partial charge in [-0.25, -0.2) is 4.98 Å². The monoisotopic (exact) mass is 277 g/mol. The van der Waals surface area contributed by atoms with Gasteiger partial charge < -0.3 is 15.0 Å². The van der Waals surface area contributed by atoms with Gasteiger partial charge in [-0.05, 0) is 30.0 Å². The van der Waals surface area contributed by atoms with E-state index in [4.69, 9.17) is 4.74 Å². The minimum Gasteiger partial charge on any atom is -0.379 e. The molecule has 1 aliphatic rings. The second-order valence-corrected chi connectivity index (χ2v) is 6.04. The van der Waals surface area contributed by atoms with Crippen molar-refractivity contribution in [1.82, 2.24) is 10.3 Å². The van der Waals surface area contributed by atoms with Gasteiger partial charge >= 0.3 is 0 Å². The molecule has 1 saturated heterocycles. The molecule has 4 heteroatoms. The summed E-state index contributed by atoms with van der Waals surface area (Å²) >= 11 is 0. The lowest BCUT2D eigenvalue weighted by atomic mass is 9.96. The van der Waals surface area contributed by atoms with Crippen LogP contribution in [0, 0.1) is 5.92 Å². The summed E-state index contributed by atoms with van der Waals surface area (Å²) in [6.07, 6.45) is 3.38. The zero-order chi connectivity index (χ0) is 14.5. The van der Waals surface area contributed by atoms with Crippen LogP contribution < -0.4 is 10.2 Å². The van der Waals surface area contributed by atoms with Gasteiger partial charge in [0.25, 0.3) is 0 Å². The van der Waals surface area contributed by atoms with Crippen LogP contribution in [0.25, 0.3) is 0 Å². The summed E-state index contributed by atoms with van der Waals surface area (Å²) in [6, 6.07) is 4.78. The molecular formula is C16H27N3O. The Balaban J connectivity index is 2.03. The summed E-state index contributed by atoms with van der Waals surface area (Å²) in [4.78, 5) is 6.87. The molecule has 1 fully saturated rings. The van der Waals surface area contributed by atoms with Crippen LogP contribution >= 0.6 is 0 Å². The highest BCUT2D eigenvalue weighted by Gasteiger charge is 2.26. The zero-order valence-electron chi connectivity index (χ0n) is 13.1. The van der Waals surface area contributed by atoms with Crippen molar-refractivity contribution in [1.29, 1.82) is 0 Å². The number of pyridine rings is 1. The van der Waals surface area contributed by atoms with Gasteiger partial charge in [0.05, 0.1) is 6.10 Å². The number of anilines is 1. The van der Waals surface area contributed by atoms with Crippen molar-refractivity contribution in [3.05, 3.63) is 23.9 Å². The lowest BCUT2D eigenvalue weighted by molar-refractivity contribution is 0.0496. The number of nitrogens with one attached hydrogen (secondary N) is 1. The zero-order valence-corrected chi connectivity index (χ0v) is 13.1. The van der Waals surface area contributed by atoms with E-state index in [0.29, 0.717) is 18.1 Å². The summed E-state index contributed by atoms with van der Waals surface area (Å²) in [5.74, 6) is 1.70. The summed E-state index contributed by atoms with van der Waals surface area (Å²) < 4.78 is 5.58. The number of aromatic nitrogens is 1. The molecule has 0 bridgehead atoms. The van der Waals surface area contributed by atoms with E-state index in [1.165, 1.54) is 5.56 Å². The topological polar surface area (TPSA) is 37.4 Å². The van der Waals surface area contributed by atoms with E-state index in [1.54, 1.807) is 7.11 Å². The molecule has 2 atom stereocenters. The number of hydrogen-bond acceptors (Lipinski definition) is 4. The summed E-state index contributed by atoms with van der Waals surface area (Å²) in [5, 5.41) is 3.45. The smallest absolute Gasteiger partial charge is 0.128 e. The molecule has 4 nitrogen and oxygen atoms in total. The molecule has 0 aliphatic carbocycles. The maximum atomic E-state index is 5.58. The highest BCUT2D eigenvalue weighted by atomic mass is 16.5. The first kappa shape index (κ1) is 15.3.